The molecule has 136 valence electrons. The van der Waals surface area contributed by atoms with Crippen LogP contribution in [0.1, 0.15) is 27.7 Å². The SMILES string of the molecule is CC(=O)N[C@H]1C(OC(C)=O)[C@@H](OC(C)=O)C(COC(C)=O)O[C@H]1O. The predicted molar refractivity (Wildman–Crippen MR) is 76.2 cm³/mol. The molecule has 1 heterocycles. The van der Waals surface area contributed by atoms with Crippen molar-refractivity contribution in [1.82, 2.24) is 5.32 Å². The summed E-state index contributed by atoms with van der Waals surface area (Å²) in [5, 5.41) is 12.5. The fourth-order valence-corrected chi connectivity index (χ4v) is 2.31. The van der Waals surface area contributed by atoms with Gasteiger partial charge in [-0.1, -0.05) is 0 Å². The fourth-order valence-electron chi connectivity index (χ4n) is 2.31. The number of aliphatic hydroxyl groups is 1. The quantitative estimate of drug-likeness (QED) is 0.456. The van der Waals surface area contributed by atoms with Gasteiger partial charge in [0.2, 0.25) is 5.91 Å². The molecule has 0 aromatic carbocycles. The van der Waals surface area contributed by atoms with E-state index in [-0.39, 0.29) is 6.61 Å². The molecule has 1 aliphatic heterocycles. The molecule has 5 atom stereocenters. The molecule has 0 aromatic heterocycles. The number of amides is 1. The van der Waals surface area contributed by atoms with Gasteiger partial charge >= 0.3 is 17.9 Å². The molecule has 0 aliphatic carbocycles. The van der Waals surface area contributed by atoms with Crippen molar-refractivity contribution in [2.24, 2.45) is 0 Å². The van der Waals surface area contributed by atoms with E-state index in [0.29, 0.717) is 0 Å². The topological polar surface area (TPSA) is 137 Å². The maximum Gasteiger partial charge on any atom is 0.303 e. The summed E-state index contributed by atoms with van der Waals surface area (Å²) in [4.78, 5) is 45.0. The Morgan fingerprint density at radius 2 is 1.50 bits per heavy atom. The van der Waals surface area contributed by atoms with E-state index in [0.717, 1.165) is 13.8 Å². The van der Waals surface area contributed by atoms with Crippen LogP contribution in [0.15, 0.2) is 0 Å². The van der Waals surface area contributed by atoms with Crippen molar-refractivity contribution < 1.29 is 43.2 Å². The average molecular weight is 347 g/mol. The maximum absolute atomic E-state index is 11.4. The lowest BCUT2D eigenvalue weighted by Gasteiger charge is -2.43. The highest BCUT2D eigenvalue weighted by atomic mass is 16.7. The van der Waals surface area contributed by atoms with Gasteiger partial charge in [0.15, 0.2) is 18.5 Å². The molecule has 1 fully saturated rings. The smallest absolute Gasteiger partial charge is 0.303 e. The third-order valence-corrected chi connectivity index (χ3v) is 3.09. The fraction of sp³-hybridized carbons (Fsp3) is 0.714. The van der Waals surface area contributed by atoms with Gasteiger partial charge in [-0.05, 0) is 0 Å². The minimum Gasteiger partial charge on any atom is -0.463 e. The minimum atomic E-state index is -1.56. The molecule has 0 radical (unpaired) electrons. The molecule has 24 heavy (non-hydrogen) atoms. The number of carbonyl (C=O) groups is 4. The lowest BCUT2D eigenvalue weighted by atomic mass is 9.96. The number of rotatable bonds is 5. The number of aliphatic hydroxyl groups excluding tert-OH is 1. The predicted octanol–water partition coefficient (Wildman–Crippen LogP) is -1.37. The van der Waals surface area contributed by atoms with E-state index in [1.165, 1.54) is 13.8 Å². The second-order valence-electron chi connectivity index (χ2n) is 5.24. The van der Waals surface area contributed by atoms with Gasteiger partial charge in [-0.25, -0.2) is 0 Å². The van der Waals surface area contributed by atoms with Crippen molar-refractivity contribution in [2.75, 3.05) is 6.61 Å². The number of nitrogens with one attached hydrogen (secondary N) is 1. The van der Waals surface area contributed by atoms with Gasteiger partial charge in [0, 0.05) is 27.7 Å². The summed E-state index contributed by atoms with van der Waals surface area (Å²) in [5.41, 5.74) is 0. The first-order valence-electron chi connectivity index (χ1n) is 7.20. The Morgan fingerprint density at radius 1 is 0.958 bits per heavy atom. The van der Waals surface area contributed by atoms with Crippen LogP contribution in [0.5, 0.6) is 0 Å². The zero-order valence-corrected chi connectivity index (χ0v) is 13.8. The van der Waals surface area contributed by atoms with E-state index < -0.39 is 54.5 Å². The molecule has 0 saturated carbocycles. The second-order valence-corrected chi connectivity index (χ2v) is 5.24. The van der Waals surface area contributed by atoms with E-state index >= 15 is 0 Å². The van der Waals surface area contributed by atoms with Gasteiger partial charge in [0.25, 0.3) is 0 Å². The molecular formula is C14H21NO9. The van der Waals surface area contributed by atoms with Crippen LogP contribution in [0, 0.1) is 0 Å². The number of hydrogen-bond acceptors (Lipinski definition) is 9. The normalized spacial score (nSPS) is 29.3. The Kier molecular flexibility index (Phi) is 7.11. The van der Waals surface area contributed by atoms with Crippen molar-refractivity contribution in [3.63, 3.8) is 0 Å². The molecule has 0 bridgehead atoms. The van der Waals surface area contributed by atoms with Crippen LogP contribution in [0.2, 0.25) is 0 Å². The monoisotopic (exact) mass is 347 g/mol. The van der Waals surface area contributed by atoms with Crippen LogP contribution in [0.25, 0.3) is 0 Å². The molecule has 0 spiro atoms. The van der Waals surface area contributed by atoms with Crippen molar-refractivity contribution >= 4 is 23.8 Å². The number of esters is 3. The first kappa shape index (κ1) is 19.8. The summed E-state index contributed by atoms with van der Waals surface area (Å²) in [6, 6.07) is -1.16. The van der Waals surface area contributed by atoms with E-state index in [2.05, 4.69) is 5.32 Å². The van der Waals surface area contributed by atoms with E-state index in [1.807, 2.05) is 0 Å². The van der Waals surface area contributed by atoms with Crippen molar-refractivity contribution in [3.05, 3.63) is 0 Å². The average Bonchev–Trinajstić information content (AvgIpc) is 2.42. The zero-order valence-electron chi connectivity index (χ0n) is 13.8. The van der Waals surface area contributed by atoms with Crippen LogP contribution >= 0.6 is 0 Å². The van der Waals surface area contributed by atoms with Crippen molar-refractivity contribution in [3.8, 4) is 0 Å². The third kappa shape index (κ3) is 5.78. The van der Waals surface area contributed by atoms with Crippen LogP contribution in [0.3, 0.4) is 0 Å². The second kappa shape index (κ2) is 8.60. The molecule has 10 nitrogen and oxygen atoms in total. The minimum absolute atomic E-state index is 0.338. The summed E-state index contributed by atoms with van der Waals surface area (Å²) < 4.78 is 20.3. The third-order valence-electron chi connectivity index (χ3n) is 3.09. The Hall–Kier alpha value is -2.20. The van der Waals surface area contributed by atoms with Crippen molar-refractivity contribution in [1.29, 1.82) is 0 Å². The highest BCUT2D eigenvalue weighted by Crippen LogP contribution is 2.26. The van der Waals surface area contributed by atoms with Gasteiger partial charge in [-0.15, -0.1) is 0 Å². The van der Waals surface area contributed by atoms with Gasteiger partial charge in [0.1, 0.15) is 18.8 Å². The lowest BCUT2D eigenvalue weighted by molar-refractivity contribution is -0.264. The Balaban J connectivity index is 3.11. The Bertz CT molecular complexity index is 506. The van der Waals surface area contributed by atoms with Gasteiger partial charge in [-0.2, -0.15) is 0 Å². The number of carbonyl (C=O) groups excluding carboxylic acids is 4. The van der Waals surface area contributed by atoms with Gasteiger partial charge in [0.05, 0.1) is 0 Å². The molecular weight excluding hydrogens is 326 g/mol. The summed E-state index contributed by atoms with van der Waals surface area (Å²) in [5.74, 6) is -2.54. The van der Waals surface area contributed by atoms with Crippen LogP contribution in [0.4, 0.5) is 0 Å². The van der Waals surface area contributed by atoms with E-state index in [1.54, 1.807) is 0 Å². The van der Waals surface area contributed by atoms with Gasteiger partial charge in [-0.3, -0.25) is 19.2 Å². The molecule has 2 N–H and O–H groups in total. The summed E-state index contributed by atoms with van der Waals surface area (Å²) in [6.07, 6.45) is -5.06. The van der Waals surface area contributed by atoms with Crippen LogP contribution < -0.4 is 5.32 Å². The highest BCUT2D eigenvalue weighted by molar-refractivity contribution is 5.73. The molecule has 1 amide bonds. The summed E-state index contributed by atoms with van der Waals surface area (Å²) in [7, 11) is 0. The highest BCUT2D eigenvalue weighted by Gasteiger charge is 2.50. The van der Waals surface area contributed by atoms with E-state index in [9.17, 15) is 24.3 Å². The summed E-state index contributed by atoms with van der Waals surface area (Å²) >= 11 is 0. The van der Waals surface area contributed by atoms with Crippen LogP contribution in [-0.2, 0) is 38.1 Å². The molecule has 0 aromatic rings. The van der Waals surface area contributed by atoms with Crippen LogP contribution in [-0.4, -0.2) is 66.2 Å². The first-order valence-corrected chi connectivity index (χ1v) is 7.20. The van der Waals surface area contributed by atoms with Crippen molar-refractivity contribution in [2.45, 2.75) is 58.3 Å². The first-order chi connectivity index (χ1) is 11.1. The number of hydrogen-bond donors (Lipinski definition) is 2. The lowest BCUT2D eigenvalue weighted by Crippen LogP contribution is -2.66. The largest absolute Gasteiger partial charge is 0.463 e. The molecule has 1 saturated heterocycles. The Morgan fingerprint density at radius 3 is 1.96 bits per heavy atom. The maximum atomic E-state index is 11.4. The molecule has 10 heteroatoms. The molecule has 1 aliphatic rings. The van der Waals surface area contributed by atoms with Gasteiger partial charge < -0.3 is 29.4 Å². The molecule has 2 unspecified atom stereocenters. The molecule has 1 rings (SSSR count). The number of ether oxygens (including phenoxy) is 4. The zero-order chi connectivity index (χ0) is 18.4. The Labute approximate surface area is 138 Å². The van der Waals surface area contributed by atoms with E-state index in [4.69, 9.17) is 18.9 Å². The summed E-state index contributed by atoms with van der Waals surface area (Å²) in [6.45, 7) is 4.28. The standard InChI is InChI=1S/C14H21NO9/c1-6(16)15-11-13(23-9(4)19)12(22-8(3)18)10(24-14(11)20)5-21-7(2)17/h10-14,20H,5H2,1-4H3,(H,15,16)/t10?,11-,12-,13?,14+/m0/s1.